The summed E-state index contributed by atoms with van der Waals surface area (Å²) in [6, 6.07) is 7.71. The normalized spacial score (nSPS) is 15.0. The minimum absolute atomic E-state index is 0.0689. The van der Waals surface area contributed by atoms with Crippen molar-refractivity contribution in [2.75, 3.05) is 32.0 Å². The van der Waals surface area contributed by atoms with Crippen LogP contribution in [0.25, 0.3) is 0 Å². The SMILES string of the molecule is Nc1nnc(SCc2ccc(C(=O)N3CCOCC3)cc2)s1. The second-order valence-electron chi connectivity index (χ2n) is 4.80. The molecule has 0 radical (unpaired) electrons. The van der Waals surface area contributed by atoms with E-state index in [2.05, 4.69) is 10.2 Å². The second-order valence-corrected chi connectivity index (χ2v) is 7.03. The van der Waals surface area contributed by atoms with Crippen LogP contribution < -0.4 is 5.73 Å². The lowest BCUT2D eigenvalue weighted by molar-refractivity contribution is 0.0303. The van der Waals surface area contributed by atoms with E-state index in [0.29, 0.717) is 31.4 Å². The van der Waals surface area contributed by atoms with Gasteiger partial charge in [0.1, 0.15) is 0 Å². The summed E-state index contributed by atoms with van der Waals surface area (Å²) in [6.45, 7) is 2.56. The highest BCUT2D eigenvalue weighted by Crippen LogP contribution is 2.26. The summed E-state index contributed by atoms with van der Waals surface area (Å²) in [5.41, 5.74) is 7.41. The summed E-state index contributed by atoms with van der Waals surface area (Å²) < 4.78 is 6.12. The van der Waals surface area contributed by atoms with Crippen LogP contribution in [0.3, 0.4) is 0 Å². The van der Waals surface area contributed by atoms with Crippen LogP contribution in [0.15, 0.2) is 28.6 Å². The van der Waals surface area contributed by atoms with Gasteiger partial charge in [-0.25, -0.2) is 0 Å². The number of carbonyl (C=O) groups excluding carboxylic acids is 1. The minimum atomic E-state index is 0.0689. The summed E-state index contributed by atoms with van der Waals surface area (Å²) in [4.78, 5) is 14.2. The standard InChI is InChI=1S/C14H16N4O2S2/c15-13-16-17-14(22-13)21-9-10-1-3-11(4-2-10)12(19)18-5-7-20-8-6-18/h1-4H,5-9H2,(H2,15,16). The van der Waals surface area contributed by atoms with Crippen molar-refractivity contribution in [3.05, 3.63) is 35.4 Å². The van der Waals surface area contributed by atoms with E-state index in [1.54, 1.807) is 11.8 Å². The molecule has 0 aliphatic carbocycles. The number of nitrogens with zero attached hydrogens (tertiary/aromatic N) is 3. The van der Waals surface area contributed by atoms with Gasteiger partial charge in [0.05, 0.1) is 13.2 Å². The molecule has 22 heavy (non-hydrogen) atoms. The lowest BCUT2D eigenvalue weighted by Gasteiger charge is -2.26. The molecule has 1 fully saturated rings. The van der Waals surface area contributed by atoms with Crippen LogP contribution in [0.2, 0.25) is 0 Å². The van der Waals surface area contributed by atoms with Crippen molar-refractivity contribution < 1.29 is 9.53 Å². The fourth-order valence-corrected chi connectivity index (χ4v) is 3.71. The van der Waals surface area contributed by atoms with Crippen LogP contribution in [0.4, 0.5) is 5.13 Å². The van der Waals surface area contributed by atoms with E-state index in [0.717, 1.165) is 21.2 Å². The smallest absolute Gasteiger partial charge is 0.254 e. The predicted molar refractivity (Wildman–Crippen MR) is 87.0 cm³/mol. The molecule has 0 saturated carbocycles. The quantitative estimate of drug-likeness (QED) is 0.859. The number of nitrogens with two attached hydrogens (primary N) is 1. The Balaban J connectivity index is 1.58. The number of thioether (sulfide) groups is 1. The van der Waals surface area contributed by atoms with Gasteiger partial charge in [0.15, 0.2) is 4.34 Å². The van der Waals surface area contributed by atoms with E-state index in [4.69, 9.17) is 10.5 Å². The van der Waals surface area contributed by atoms with Crippen LogP contribution >= 0.6 is 23.1 Å². The zero-order valence-corrected chi connectivity index (χ0v) is 13.5. The van der Waals surface area contributed by atoms with Crippen molar-refractivity contribution in [3.8, 4) is 0 Å². The highest BCUT2D eigenvalue weighted by molar-refractivity contribution is 8.00. The molecule has 2 N–H and O–H groups in total. The first kappa shape index (κ1) is 15.3. The van der Waals surface area contributed by atoms with Gasteiger partial charge in [-0.05, 0) is 17.7 Å². The average Bonchev–Trinajstić information content (AvgIpc) is 2.99. The maximum atomic E-state index is 12.3. The Bertz CT molecular complexity index is 639. The topological polar surface area (TPSA) is 81.3 Å². The Labute approximate surface area is 136 Å². The number of carbonyl (C=O) groups is 1. The average molecular weight is 336 g/mol. The van der Waals surface area contributed by atoms with Crippen LogP contribution in [-0.4, -0.2) is 47.3 Å². The maximum absolute atomic E-state index is 12.3. The van der Waals surface area contributed by atoms with E-state index < -0.39 is 0 Å². The first-order valence-corrected chi connectivity index (χ1v) is 8.70. The molecule has 6 nitrogen and oxygen atoms in total. The molecule has 0 spiro atoms. The number of anilines is 1. The number of hydrogen-bond donors (Lipinski definition) is 1. The zero-order chi connectivity index (χ0) is 15.4. The molecule has 1 amide bonds. The Morgan fingerprint density at radius 1 is 1.27 bits per heavy atom. The van der Waals surface area contributed by atoms with Gasteiger partial charge in [0.25, 0.3) is 5.91 Å². The number of rotatable bonds is 4. The second kappa shape index (κ2) is 7.08. The number of benzene rings is 1. The zero-order valence-electron chi connectivity index (χ0n) is 11.9. The number of ether oxygens (including phenoxy) is 1. The van der Waals surface area contributed by atoms with Crippen LogP contribution in [0, 0.1) is 0 Å². The van der Waals surface area contributed by atoms with Crippen molar-refractivity contribution in [2.24, 2.45) is 0 Å². The number of morpholine rings is 1. The van der Waals surface area contributed by atoms with E-state index >= 15 is 0 Å². The molecule has 1 aromatic heterocycles. The van der Waals surface area contributed by atoms with Crippen molar-refractivity contribution in [2.45, 2.75) is 10.1 Å². The van der Waals surface area contributed by atoms with E-state index in [1.807, 2.05) is 29.2 Å². The van der Waals surface area contributed by atoms with Crippen molar-refractivity contribution in [3.63, 3.8) is 0 Å². The molecule has 3 rings (SSSR count). The van der Waals surface area contributed by atoms with Crippen molar-refractivity contribution in [1.29, 1.82) is 0 Å². The van der Waals surface area contributed by atoms with E-state index in [-0.39, 0.29) is 5.91 Å². The van der Waals surface area contributed by atoms with Gasteiger partial charge in [-0.15, -0.1) is 10.2 Å². The third-order valence-electron chi connectivity index (χ3n) is 3.28. The Morgan fingerprint density at radius 2 is 2.00 bits per heavy atom. The van der Waals surface area contributed by atoms with Crippen LogP contribution in [0.5, 0.6) is 0 Å². The molecule has 2 heterocycles. The third-order valence-corrected chi connectivity index (χ3v) is 5.24. The Kier molecular flexibility index (Phi) is 4.91. The van der Waals surface area contributed by atoms with Crippen molar-refractivity contribution >= 4 is 34.1 Å². The fourth-order valence-electron chi connectivity index (χ4n) is 2.12. The fraction of sp³-hybridized carbons (Fsp3) is 0.357. The molecule has 1 aliphatic heterocycles. The Hall–Kier alpha value is -1.64. The van der Waals surface area contributed by atoms with Gasteiger partial charge < -0.3 is 15.4 Å². The molecule has 0 bridgehead atoms. The van der Waals surface area contributed by atoms with Gasteiger partial charge in [0.2, 0.25) is 5.13 Å². The Morgan fingerprint density at radius 3 is 2.64 bits per heavy atom. The van der Waals surface area contributed by atoms with Crippen LogP contribution in [-0.2, 0) is 10.5 Å². The summed E-state index contributed by atoms with van der Waals surface area (Å²) in [6.07, 6.45) is 0. The molecule has 1 aliphatic rings. The highest BCUT2D eigenvalue weighted by Gasteiger charge is 2.18. The van der Waals surface area contributed by atoms with Gasteiger partial charge in [-0.2, -0.15) is 0 Å². The largest absolute Gasteiger partial charge is 0.378 e. The summed E-state index contributed by atoms with van der Waals surface area (Å²) in [5, 5.41) is 8.24. The molecule has 1 saturated heterocycles. The molecule has 2 aromatic rings. The molecular weight excluding hydrogens is 320 g/mol. The highest BCUT2D eigenvalue weighted by atomic mass is 32.2. The number of amides is 1. The van der Waals surface area contributed by atoms with E-state index in [1.165, 1.54) is 11.3 Å². The predicted octanol–water partition coefficient (Wildman–Crippen LogP) is 1.89. The molecule has 1 aromatic carbocycles. The van der Waals surface area contributed by atoms with Crippen LogP contribution in [0.1, 0.15) is 15.9 Å². The minimum Gasteiger partial charge on any atom is -0.378 e. The molecular formula is C14H16N4O2S2. The van der Waals surface area contributed by atoms with Gasteiger partial charge >= 0.3 is 0 Å². The van der Waals surface area contributed by atoms with Gasteiger partial charge in [0, 0.05) is 24.4 Å². The molecule has 116 valence electrons. The van der Waals surface area contributed by atoms with E-state index in [9.17, 15) is 4.79 Å². The summed E-state index contributed by atoms with van der Waals surface area (Å²) >= 11 is 2.97. The van der Waals surface area contributed by atoms with Gasteiger partial charge in [-0.1, -0.05) is 35.2 Å². The number of hydrogen-bond acceptors (Lipinski definition) is 7. The van der Waals surface area contributed by atoms with Gasteiger partial charge in [-0.3, -0.25) is 4.79 Å². The summed E-state index contributed by atoms with van der Waals surface area (Å²) in [7, 11) is 0. The van der Waals surface area contributed by atoms with Crippen molar-refractivity contribution in [1.82, 2.24) is 15.1 Å². The number of nitrogen functional groups attached to an aromatic ring is 1. The maximum Gasteiger partial charge on any atom is 0.254 e. The molecule has 0 unspecified atom stereocenters. The lowest BCUT2D eigenvalue weighted by Crippen LogP contribution is -2.40. The summed E-state index contributed by atoms with van der Waals surface area (Å²) in [5.74, 6) is 0.847. The monoisotopic (exact) mass is 336 g/mol. The first-order valence-electron chi connectivity index (χ1n) is 6.90. The molecule has 0 atom stereocenters. The first-order chi connectivity index (χ1) is 10.7. The lowest BCUT2D eigenvalue weighted by atomic mass is 10.1. The third kappa shape index (κ3) is 3.76. The molecule has 8 heteroatoms. The number of aromatic nitrogens is 2.